The Balaban J connectivity index is 1.88. The predicted octanol–water partition coefficient (Wildman–Crippen LogP) is 3.70. The number of hydrogen-bond acceptors (Lipinski definition) is 3. The number of carbonyl (C=O) groups is 1. The molecule has 0 saturated heterocycles. The number of fused-ring (bicyclic) bond motifs is 2. The minimum atomic E-state index is 0.00371. The molecule has 1 aliphatic carbocycles. The van der Waals surface area contributed by atoms with E-state index in [2.05, 4.69) is 12.1 Å². The van der Waals surface area contributed by atoms with Gasteiger partial charge in [-0.2, -0.15) is 0 Å². The zero-order chi connectivity index (χ0) is 17.4. The molecule has 1 N–H and O–H groups in total. The fraction of sp³-hybridized carbons (Fsp3) is 0.238. The average molecular weight is 334 g/mol. The third-order valence-electron chi connectivity index (χ3n) is 4.86. The van der Waals surface area contributed by atoms with Crippen molar-refractivity contribution in [3.8, 4) is 0 Å². The first-order valence-electron chi connectivity index (χ1n) is 8.54. The number of aliphatic hydroxyl groups is 1. The normalized spacial score (nSPS) is 20.1. The van der Waals surface area contributed by atoms with Crippen molar-refractivity contribution in [1.82, 2.24) is 0 Å². The van der Waals surface area contributed by atoms with E-state index in [-0.39, 0.29) is 11.7 Å². The van der Waals surface area contributed by atoms with Gasteiger partial charge in [-0.1, -0.05) is 36.4 Å². The van der Waals surface area contributed by atoms with Gasteiger partial charge in [-0.05, 0) is 23.6 Å². The molecule has 0 atom stereocenters. The van der Waals surface area contributed by atoms with E-state index in [1.807, 2.05) is 37.3 Å². The van der Waals surface area contributed by atoms with Gasteiger partial charge in [-0.25, -0.2) is 4.79 Å². The van der Waals surface area contributed by atoms with Gasteiger partial charge >= 0.3 is 5.91 Å². The number of benzene rings is 1. The number of nitrogens with zero attached hydrogens (tertiary/aromatic N) is 1. The van der Waals surface area contributed by atoms with Crippen molar-refractivity contribution >= 4 is 11.6 Å². The number of amides is 1. The summed E-state index contributed by atoms with van der Waals surface area (Å²) in [5.41, 5.74) is 4.78. The largest absolute Gasteiger partial charge is 0.500 e. The van der Waals surface area contributed by atoms with E-state index >= 15 is 0 Å². The predicted molar refractivity (Wildman–Crippen MR) is 95.1 cm³/mol. The van der Waals surface area contributed by atoms with E-state index < -0.39 is 0 Å². The van der Waals surface area contributed by atoms with Crippen molar-refractivity contribution in [2.75, 3.05) is 0 Å². The van der Waals surface area contributed by atoms with E-state index in [0.717, 1.165) is 11.3 Å². The van der Waals surface area contributed by atoms with Crippen molar-refractivity contribution < 1.29 is 19.2 Å². The Morgan fingerprint density at radius 3 is 2.80 bits per heavy atom. The molecule has 2 aliphatic heterocycles. The molecular formula is C21H20NO3+. The second kappa shape index (κ2) is 6.20. The minimum Gasteiger partial charge on any atom is -0.500 e. The summed E-state index contributed by atoms with van der Waals surface area (Å²) >= 11 is 0. The first-order chi connectivity index (χ1) is 12.1. The highest BCUT2D eigenvalue weighted by molar-refractivity contribution is 5.87. The number of aliphatic hydroxyl groups excluding tert-OH is 1. The zero-order valence-electron chi connectivity index (χ0n) is 14.2. The summed E-state index contributed by atoms with van der Waals surface area (Å²) in [7, 11) is 0. The highest BCUT2D eigenvalue weighted by atomic mass is 16.5. The summed E-state index contributed by atoms with van der Waals surface area (Å²) in [6, 6.07) is 8.24. The summed E-state index contributed by atoms with van der Waals surface area (Å²) in [5.74, 6) is 0.702. The summed E-state index contributed by atoms with van der Waals surface area (Å²) in [6.07, 6.45) is 9.54. The van der Waals surface area contributed by atoms with E-state index in [0.29, 0.717) is 37.1 Å². The van der Waals surface area contributed by atoms with Gasteiger partial charge < -0.3 is 9.84 Å². The number of ether oxygens (including phenoxy) is 1. The van der Waals surface area contributed by atoms with Crippen LogP contribution in [0, 0.1) is 0 Å². The molecule has 4 nitrogen and oxygen atoms in total. The van der Waals surface area contributed by atoms with Gasteiger partial charge in [0, 0.05) is 13.3 Å². The smallest absolute Gasteiger partial charge is 0.393 e. The molecule has 0 fully saturated rings. The summed E-state index contributed by atoms with van der Waals surface area (Å²) in [6.45, 7) is 1.96. The van der Waals surface area contributed by atoms with Crippen molar-refractivity contribution in [3.05, 3.63) is 82.7 Å². The summed E-state index contributed by atoms with van der Waals surface area (Å²) in [4.78, 5) is 13.0. The first-order valence-corrected chi connectivity index (χ1v) is 8.54. The summed E-state index contributed by atoms with van der Waals surface area (Å²) in [5, 5.41) is 10.5. The van der Waals surface area contributed by atoms with Crippen LogP contribution in [-0.4, -0.2) is 21.3 Å². The molecule has 4 rings (SSSR count). The molecule has 0 radical (unpaired) electrons. The topological polar surface area (TPSA) is 49.5 Å². The number of hydrogen-bond donors (Lipinski definition) is 1. The lowest BCUT2D eigenvalue weighted by atomic mass is 9.95. The Bertz CT molecular complexity index is 913. The highest BCUT2D eigenvalue weighted by Gasteiger charge is 2.37. The van der Waals surface area contributed by atoms with Crippen LogP contribution < -0.4 is 0 Å². The van der Waals surface area contributed by atoms with Crippen LogP contribution in [0.25, 0.3) is 0 Å². The molecule has 3 aliphatic rings. The second-order valence-corrected chi connectivity index (χ2v) is 6.52. The van der Waals surface area contributed by atoms with Gasteiger partial charge in [-0.3, -0.25) is 0 Å². The second-order valence-electron chi connectivity index (χ2n) is 6.52. The number of rotatable bonds is 1. The number of aryl methyl sites for hydroxylation is 1. The maximum atomic E-state index is 13.0. The Morgan fingerprint density at radius 2 is 1.96 bits per heavy atom. The zero-order valence-corrected chi connectivity index (χ0v) is 14.2. The van der Waals surface area contributed by atoms with Crippen LogP contribution in [0.15, 0.2) is 71.5 Å². The van der Waals surface area contributed by atoms with Crippen LogP contribution in [0.3, 0.4) is 0 Å². The molecule has 4 heteroatoms. The van der Waals surface area contributed by atoms with Crippen molar-refractivity contribution in [2.45, 2.75) is 32.6 Å². The van der Waals surface area contributed by atoms with Gasteiger partial charge in [0.1, 0.15) is 12.0 Å². The van der Waals surface area contributed by atoms with Gasteiger partial charge in [-0.15, -0.1) is 4.58 Å². The lowest BCUT2D eigenvalue weighted by molar-refractivity contribution is -0.403. The van der Waals surface area contributed by atoms with E-state index in [9.17, 15) is 9.90 Å². The molecule has 1 amide bonds. The average Bonchev–Trinajstić information content (AvgIpc) is 2.62. The fourth-order valence-electron chi connectivity index (χ4n) is 3.66. The van der Waals surface area contributed by atoms with E-state index in [1.165, 1.54) is 17.4 Å². The third-order valence-corrected chi connectivity index (χ3v) is 4.86. The Hall–Kier alpha value is -2.88. The maximum Gasteiger partial charge on any atom is 0.393 e. The molecule has 0 aromatic heterocycles. The molecule has 1 aromatic rings. The van der Waals surface area contributed by atoms with Crippen LogP contribution in [0.5, 0.6) is 0 Å². The molecule has 0 unspecified atom stereocenters. The number of carbonyl (C=O) groups excluding carboxylic acids is 1. The molecule has 126 valence electrons. The van der Waals surface area contributed by atoms with Crippen LogP contribution in [0.4, 0.5) is 0 Å². The van der Waals surface area contributed by atoms with Crippen LogP contribution in [0.2, 0.25) is 0 Å². The van der Waals surface area contributed by atoms with E-state index in [4.69, 9.17) is 4.74 Å². The van der Waals surface area contributed by atoms with Crippen LogP contribution in [0.1, 0.15) is 30.9 Å². The first kappa shape index (κ1) is 15.6. The fourth-order valence-corrected chi connectivity index (χ4v) is 3.66. The molecular weight excluding hydrogens is 314 g/mol. The minimum absolute atomic E-state index is 0.00371. The lowest BCUT2D eigenvalue weighted by Gasteiger charge is -2.21. The van der Waals surface area contributed by atoms with Gasteiger partial charge in [0.25, 0.3) is 5.70 Å². The molecule has 1 aromatic carbocycles. The monoisotopic (exact) mass is 334 g/mol. The quantitative estimate of drug-likeness (QED) is 0.797. The van der Waals surface area contributed by atoms with Crippen molar-refractivity contribution in [1.29, 1.82) is 0 Å². The molecule has 2 heterocycles. The lowest BCUT2D eigenvalue weighted by Crippen LogP contribution is -2.32. The Morgan fingerprint density at radius 1 is 1.16 bits per heavy atom. The standard InChI is InChI=1S/C21H19NO3/c1-14-12-16-7-3-2-6-15(16)10-11-20(24)22(14)21-17-8-4-5-9-19(17)25-13-18(21)23/h2-7,9,13H,8,10-12H2,1H3/p+1. The Kier molecular flexibility index (Phi) is 3.88. The van der Waals surface area contributed by atoms with Crippen molar-refractivity contribution in [2.24, 2.45) is 0 Å². The van der Waals surface area contributed by atoms with E-state index in [1.54, 1.807) is 4.58 Å². The molecule has 0 saturated carbocycles. The Labute approximate surface area is 146 Å². The molecule has 25 heavy (non-hydrogen) atoms. The van der Waals surface area contributed by atoms with Crippen LogP contribution in [-0.2, 0) is 22.4 Å². The third kappa shape index (κ3) is 2.74. The van der Waals surface area contributed by atoms with Gasteiger partial charge in [0.2, 0.25) is 5.76 Å². The van der Waals surface area contributed by atoms with Gasteiger partial charge in [0.05, 0.1) is 18.4 Å². The summed E-state index contributed by atoms with van der Waals surface area (Å²) < 4.78 is 7.18. The van der Waals surface area contributed by atoms with Crippen LogP contribution >= 0.6 is 0 Å². The van der Waals surface area contributed by atoms with Crippen molar-refractivity contribution in [3.63, 3.8) is 0 Å². The SMILES string of the molecule is CC1=[N+](C2=C3CC=CC=C3OC=C2O)C(=O)CCc2ccccc2C1. The highest BCUT2D eigenvalue weighted by Crippen LogP contribution is 2.33. The number of allylic oxidation sites excluding steroid dienone is 4. The maximum absolute atomic E-state index is 13.0. The van der Waals surface area contributed by atoms with Gasteiger partial charge in [0.15, 0.2) is 5.71 Å². The molecule has 0 bridgehead atoms. The molecule has 0 spiro atoms.